The van der Waals surface area contributed by atoms with E-state index in [1.54, 1.807) is 16.7 Å². The molecule has 4 rings (SSSR count). The van der Waals surface area contributed by atoms with Gasteiger partial charge in [0, 0.05) is 23.0 Å². The number of carbonyl (C=O) groups is 1. The maximum absolute atomic E-state index is 12.8. The molecule has 2 aromatic carbocycles. The molecule has 1 fully saturated rings. The molecule has 0 N–H and O–H groups in total. The summed E-state index contributed by atoms with van der Waals surface area (Å²) in [5, 5.41) is 11.3. The van der Waals surface area contributed by atoms with Crippen molar-refractivity contribution in [1.29, 1.82) is 5.26 Å². The van der Waals surface area contributed by atoms with Crippen molar-refractivity contribution in [3.63, 3.8) is 0 Å². The van der Waals surface area contributed by atoms with Crippen molar-refractivity contribution in [3.05, 3.63) is 75.8 Å². The molecule has 0 radical (unpaired) electrons. The molecule has 0 bridgehead atoms. The van der Waals surface area contributed by atoms with E-state index >= 15 is 0 Å². The third-order valence-corrected chi connectivity index (χ3v) is 6.09. The molecule has 0 saturated carbocycles. The first-order chi connectivity index (χ1) is 12.7. The predicted octanol–water partition coefficient (Wildman–Crippen LogP) is 4.56. The topological polar surface area (TPSA) is 47.3 Å². The van der Waals surface area contributed by atoms with Crippen molar-refractivity contribution in [1.82, 2.24) is 4.90 Å². The Kier molecular flexibility index (Phi) is 4.62. The second-order valence-corrected chi connectivity index (χ2v) is 7.62. The van der Waals surface area contributed by atoms with E-state index in [0.29, 0.717) is 29.6 Å². The summed E-state index contributed by atoms with van der Waals surface area (Å²) in [7, 11) is 0. The van der Waals surface area contributed by atoms with Crippen molar-refractivity contribution < 1.29 is 4.79 Å². The van der Waals surface area contributed by atoms with E-state index in [0.717, 1.165) is 16.3 Å². The Morgan fingerprint density at radius 2 is 1.85 bits per heavy atom. The summed E-state index contributed by atoms with van der Waals surface area (Å²) in [6, 6.07) is 19.8. The van der Waals surface area contributed by atoms with Gasteiger partial charge in [0.25, 0.3) is 0 Å². The molecular formula is C20H16ClN3OS. The maximum Gasteiger partial charge on any atom is 0.229 e. The molecule has 2 heterocycles. The smallest absolute Gasteiger partial charge is 0.229 e. The first-order valence-electron chi connectivity index (χ1n) is 8.30. The van der Waals surface area contributed by atoms with Gasteiger partial charge in [0.15, 0.2) is 0 Å². The zero-order valence-electron chi connectivity index (χ0n) is 13.9. The molecular weight excluding hydrogens is 366 g/mol. The van der Waals surface area contributed by atoms with Gasteiger partial charge in [-0.05, 0) is 29.8 Å². The third-order valence-electron chi connectivity index (χ3n) is 4.69. The lowest BCUT2D eigenvalue weighted by atomic mass is 9.86. The van der Waals surface area contributed by atoms with Crippen LogP contribution in [0.25, 0.3) is 0 Å². The second kappa shape index (κ2) is 7.06. The summed E-state index contributed by atoms with van der Waals surface area (Å²) >= 11 is 7.51. The summed E-state index contributed by atoms with van der Waals surface area (Å²) in [5.41, 5.74) is 2.72. The molecule has 0 spiro atoms. The van der Waals surface area contributed by atoms with Crippen LogP contribution in [0.5, 0.6) is 0 Å². The number of nitriles is 1. The normalized spacial score (nSPS) is 20.0. The van der Waals surface area contributed by atoms with Gasteiger partial charge in [-0.15, -0.1) is 0 Å². The summed E-state index contributed by atoms with van der Waals surface area (Å²) in [6.07, 6.45) is 0.325. The monoisotopic (exact) mass is 381 g/mol. The number of fused-ring (bicyclic) bond motifs is 1. The number of thioether (sulfide) groups is 1. The van der Waals surface area contributed by atoms with Gasteiger partial charge in [-0.3, -0.25) is 9.69 Å². The Labute approximate surface area is 161 Å². The summed E-state index contributed by atoms with van der Waals surface area (Å²) in [5.74, 6) is 0.585. The van der Waals surface area contributed by atoms with E-state index in [4.69, 9.17) is 11.6 Å². The number of allylic oxidation sites excluding steroid dienone is 1. The minimum Gasteiger partial charge on any atom is -0.344 e. The van der Waals surface area contributed by atoms with E-state index in [-0.39, 0.29) is 11.8 Å². The van der Waals surface area contributed by atoms with Crippen LogP contribution >= 0.6 is 23.4 Å². The highest BCUT2D eigenvalue weighted by molar-refractivity contribution is 8.03. The molecule has 1 atom stereocenters. The van der Waals surface area contributed by atoms with Gasteiger partial charge in [0.05, 0.1) is 29.2 Å². The lowest BCUT2D eigenvalue weighted by Crippen LogP contribution is -2.47. The first-order valence-corrected chi connectivity index (χ1v) is 9.66. The minimum atomic E-state index is -0.158. The zero-order chi connectivity index (χ0) is 18.1. The lowest BCUT2D eigenvalue weighted by Gasteiger charge is -2.42. The quantitative estimate of drug-likeness (QED) is 0.765. The molecule has 0 unspecified atom stereocenters. The molecule has 2 aliphatic heterocycles. The fourth-order valence-electron chi connectivity index (χ4n) is 3.35. The molecule has 1 saturated heterocycles. The molecule has 2 aromatic rings. The van der Waals surface area contributed by atoms with E-state index < -0.39 is 0 Å². The van der Waals surface area contributed by atoms with Crippen molar-refractivity contribution in [2.75, 3.05) is 17.4 Å². The Balaban J connectivity index is 1.66. The first kappa shape index (κ1) is 17.0. The zero-order valence-corrected chi connectivity index (χ0v) is 15.5. The number of halogens is 1. The second-order valence-electron chi connectivity index (χ2n) is 6.25. The van der Waals surface area contributed by atoms with Crippen LogP contribution in [0.15, 0.2) is 65.2 Å². The van der Waals surface area contributed by atoms with Gasteiger partial charge in [0.2, 0.25) is 5.91 Å². The molecule has 2 aliphatic rings. The molecule has 6 heteroatoms. The van der Waals surface area contributed by atoms with Crippen molar-refractivity contribution in [3.8, 4) is 6.07 Å². The Morgan fingerprint density at radius 1 is 1.12 bits per heavy atom. The number of rotatable bonds is 2. The Bertz CT molecular complexity index is 905. The average Bonchev–Trinajstić information content (AvgIpc) is 2.69. The maximum atomic E-state index is 12.8. The molecule has 4 nitrogen and oxygen atoms in total. The Hall–Kier alpha value is -2.42. The van der Waals surface area contributed by atoms with Gasteiger partial charge < -0.3 is 4.90 Å². The molecule has 0 aromatic heterocycles. The molecule has 0 aliphatic carbocycles. The van der Waals surface area contributed by atoms with Gasteiger partial charge >= 0.3 is 0 Å². The van der Waals surface area contributed by atoms with Crippen LogP contribution < -0.4 is 4.90 Å². The van der Waals surface area contributed by atoms with E-state index in [9.17, 15) is 10.1 Å². The van der Waals surface area contributed by atoms with Crippen molar-refractivity contribution >= 4 is 35.0 Å². The Morgan fingerprint density at radius 3 is 2.54 bits per heavy atom. The van der Waals surface area contributed by atoms with Crippen LogP contribution in [0.3, 0.4) is 0 Å². The highest BCUT2D eigenvalue weighted by atomic mass is 35.5. The highest BCUT2D eigenvalue weighted by Gasteiger charge is 2.38. The van der Waals surface area contributed by atoms with Gasteiger partial charge in [-0.1, -0.05) is 53.7 Å². The standard InChI is InChI=1S/C20H16ClN3OS/c21-15-6-8-16(9-7-15)23-12-24-19(25)10-17(14-4-2-1-3-5-14)18(11-22)20(24)26-13-23/h1-9,17H,10,12-13H2/t17-/m1/s1. The van der Waals surface area contributed by atoms with Crippen molar-refractivity contribution in [2.24, 2.45) is 0 Å². The van der Waals surface area contributed by atoms with E-state index in [1.807, 2.05) is 54.6 Å². The van der Waals surface area contributed by atoms with E-state index in [2.05, 4.69) is 11.0 Å². The van der Waals surface area contributed by atoms with Crippen LogP contribution in [-0.2, 0) is 4.79 Å². The molecule has 26 heavy (non-hydrogen) atoms. The van der Waals surface area contributed by atoms with Crippen LogP contribution in [-0.4, -0.2) is 23.4 Å². The number of hydrogen-bond donors (Lipinski definition) is 0. The molecule has 1 amide bonds. The SMILES string of the molecule is N#CC1=C2SCN(c3ccc(Cl)cc3)CN2C(=O)C[C@@H]1c1ccccc1. The number of nitrogens with zero attached hydrogens (tertiary/aromatic N) is 3. The average molecular weight is 382 g/mol. The minimum absolute atomic E-state index is 0.0546. The number of amides is 1. The van der Waals surface area contributed by atoms with Crippen LogP contribution in [0.2, 0.25) is 5.02 Å². The van der Waals surface area contributed by atoms with Crippen LogP contribution in [0.1, 0.15) is 17.9 Å². The third kappa shape index (κ3) is 3.07. The van der Waals surface area contributed by atoms with Crippen LogP contribution in [0.4, 0.5) is 5.69 Å². The van der Waals surface area contributed by atoms with E-state index in [1.165, 1.54) is 0 Å². The fraction of sp³-hybridized carbons (Fsp3) is 0.200. The van der Waals surface area contributed by atoms with Crippen molar-refractivity contribution in [2.45, 2.75) is 12.3 Å². The number of carbonyl (C=O) groups excluding carboxylic acids is 1. The largest absolute Gasteiger partial charge is 0.344 e. The van der Waals surface area contributed by atoms with Gasteiger partial charge in [-0.25, -0.2) is 0 Å². The van der Waals surface area contributed by atoms with Gasteiger partial charge in [0.1, 0.15) is 0 Å². The van der Waals surface area contributed by atoms with Gasteiger partial charge in [-0.2, -0.15) is 5.26 Å². The van der Waals surface area contributed by atoms with Crippen LogP contribution in [0, 0.1) is 11.3 Å². The number of benzene rings is 2. The fourth-order valence-corrected chi connectivity index (χ4v) is 4.64. The summed E-state index contributed by atoms with van der Waals surface area (Å²) < 4.78 is 0. The lowest BCUT2D eigenvalue weighted by molar-refractivity contribution is -0.129. The summed E-state index contributed by atoms with van der Waals surface area (Å²) in [6.45, 7) is 0.454. The number of anilines is 1. The molecule has 130 valence electrons. The highest BCUT2D eigenvalue weighted by Crippen LogP contribution is 2.43. The summed E-state index contributed by atoms with van der Waals surface area (Å²) in [4.78, 5) is 16.7. The predicted molar refractivity (Wildman–Crippen MR) is 105 cm³/mol. The number of hydrogen-bond acceptors (Lipinski definition) is 4.